The lowest BCUT2D eigenvalue weighted by Gasteiger charge is -2.22. The molecule has 0 N–H and O–H groups in total. The van der Waals surface area contributed by atoms with Gasteiger partial charge < -0.3 is 4.90 Å². The maximum absolute atomic E-state index is 2.27. The lowest BCUT2D eigenvalue weighted by Crippen LogP contribution is -2.21. The highest BCUT2D eigenvalue weighted by Crippen LogP contribution is 2.32. The molecule has 2 heterocycles. The van der Waals surface area contributed by atoms with Crippen LogP contribution in [0, 0.1) is 0 Å². The lowest BCUT2D eigenvalue weighted by molar-refractivity contribution is 0.494. The van der Waals surface area contributed by atoms with Crippen molar-refractivity contribution in [2.45, 2.75) is 12.3 Å². The van der Waals surface area contributed by atoms with Crippen molar-refractivity contribution >= 4 is 11.8 Å². The molecule has 0 fully saturated rings. The Labute approximate surface area is 65.1 Å². The van der Waals surface area contributed by atoms with Crippen LogP contribution in [-0.4, -0.2) is 10.3 Å². The molecule has 0 aromatic heterocycles. The average molecular weight is 151 g/mol. The summed E-state index contributed by atoms with van der Waals surface area (Å²) >= 11 is 1.86. The fourth-order valence-electron chi connectivity index (χ4n) is 1.14. The summed E-state index contributed by atoms with van der Waals surface area (Å²) in [5.41, 5.74) is 1.34. The van der Waals surface area contributed by atoms with Crippen LogP contribution in [0.1, 0.15) is 6.92 Å². The normalized spacial score (nSPS) is 28.7. The second-order valence-electron chi connectivity index (χ2n) is 2.42. The van der Waals surface area contributed by atoms with Gasteiger partial charge in [-0.3, -0.25) is 0 Å². The molecule has 0 saturated carbocycles. The minimum absolute atomic E-state index is 0.532. The predicted octanol–water partition coefficient (Wildman–Crippen LogP) is 2.31. The first-order valence-electron chi connectivity index (χ1n) is 3.33. The minimum Gasteiger partial charge on any atom is -0.335 e. The molecular weight excluding hydrogens is 142 g/mol. The van der Waals surface area contributed by atoms with Gasteiger partial charge >= 0.3 is 0 Å². The zero-order valence-electron chi connectivity index (χ0n) is 5.82. The van der Waals surface area contributed by atoms with Gasteiger partial charge in [0, 0.05) is 11.9 Å². The zero-order valence-corrected chi connectivity index (χ0v) is 6.64. The van der Waals surface area contributed by atoms with E-state index < -0.39 is 0 Å². The van der Waals surface area contributed by atoms with E-state index in [1.807, 2.05) is 11.8 Å². The minimum atomic E-state index is 0.532. The molecule has 1 nitrogen and oxygen atoms in total. The van der Waals surface area contributed by atoms with E-state index in [0.717, 1.165) is 0 Å². The van der Waals surface area contributed by atoms with Gasteiger partial charge in [0.05, 0.1) is 0 Å². The Bertz CT molecular complexity index is 227. The van der Waals surface area contributed by atoms with E-state index in [9.17, 15) is 0 Å². The summed E-state index contributed by atoms with van der Waals surface area (Å²) in [5, 5.41) is 2.73. The second-order valence-corrected chi connectivity index (χ2v) is 3.41. The summed E-state index contributed by atoms with van der Waals surface area (Å²) in [6, 6.07) is 0. The molecule has 0 radical (unpaired) electrons. The van der Waals surface area contributed by atoms with E-state index in [4.69, 9.17) is 0 Å². The summed E-state index contributed by atoms with van der Waals surface area (Å²) in [6.45, 7) is 2.14. The first-order valence-corrected chi connectivity index (χ1v) is 4.28. The van der Waals surface area contributed by atoms with Crippen molar-refractivity contribution in [1.29, 1.82) is 0 Å². The van der Waals surface area contributed by atoms with E-state index >= 15 is 0 Å². The van der Waals surface area contributed by atoms with E-state index in [0.29, 0.717) is 5.37 Å². The number of fused-ring (bicyclic) bond motifs is 1. The molecule has 2 aliphatic rings. The van der Waals surface area contributed by atoms with Gasteiger partial charge in [-0.2, -0.15) is 0 Å². The van der Waals surface area contributed by atoms with E-state index in [-0.39, 0.29) is 0 Å². The van der Waals surface area contributed by atoms with E-state index in [1.165, 1.54) is 5.70 Å². The summed E-state index contributed by atoms with van der Waals surface area (Å²) in [4.78, 5) is 2.27. The van der Waals surface area contributed by atoms with Gasteiger partial charge in [0.2, 0.25) is 0 Å². The Kier molecular flexibility index (Phi) is 1.34. The first-order chi connectivity index (χ1) is 4.88. The highest BCUT2D eigenvalue weighted by Gasteiger charge is 2.20. The molecule has 0 amide bonds. The largest absolute Gasteiger partial charge is 0.335 e. The molecule has 0 aromatic carbocycles. The molecule has 0 aromatic rings. The molecule has 0 bridgehead atoms. The van der Waals surface area contributed by atoms with Crippen LogP contribution in [0.5, 0.6) is 0 Å². The van der Waals surface area contributed by atoms with Gasteiger partial charge in [-0.05, 0) is 18.4 Å². The summed E-state index contributed by atoms with van der Waals surface area (Å²) in [7, 11) is 0. The standard InChI is InChI=1S/C8H9NS/c1-7-6-10-8-4-2-3-5-9(7)8/h2-6,8H,1H3/t8-/m0/s1. The van der Waals surface area contributed by atoms with Gasteiger partial charge in [-0.15, -0.1) is 11.8 Å². The van der Waals surface area contributed by atoms with Gasteiger partial charge in [0.1, 0.15) is 5.37 Å². The number of hydrogen-bond donors (Lipinski definition) is 0. The van der Waals surface area contributed by atoms with Gasteiger partial charge in [-0.25, -0.2) is 0 Å². The third-order valence-corrected chi connectivity index (χ3v) is 2.83. The number of rotatable bonds is 0. The highest BCUT2D eigenvalue weighted by molar-refractivity contribution is 8.03. The van der Waals surface area contributed by atoms with Crippen molar-refractivity contribution in [2.75, 3.05) is 0 Å². The lowest BCUT2D eigenvalue weighted by atomic mass is 10.3. The maximum atomic E-state index is 2.27. The Morgan fingerprint density at radius 3 is 3.20 bits per heavy atom. The van der Waals surface area contributed by atoms with Crippen LogP contribution >= 0.6 is 11.8 Å². The summed E-state index contributed by atoms with van der Waals surface area (Å²) in [5.74, 6) is 0. The molecule has 52 valence electrons. The molecule has 0 spiro atoms. The Hall–Kier alpha value is -0.630. The van der Waals surface area contributed by atoms with Crippen LogP contribution < -0.4 is 0 Å². The van der Waals surface area contributed by atoms with Gasteiger partial charge in [-0.1, -0.05) is 12.2 Å². The van der Waals surface area contributed by atoms with Crippen LogP contribution in [0.25, 0.3) is 0 Å². The van der Waals surface area contributed by atoms with Crippen molar-refractivity contribution < 1.29 is 0 Å². The number of nitrogens with zero attached hydrogens (tertiary/aromatic N) is 1. The smallest absolute Gasteiger partial charge is 0.102 e. The van der Waals surface area contributed by atoms with E-state index in [2.05, 4.69) is 41.7 Å². The van der Waals surface area contributed by atoms with Crippen LogP contribution in [0.2, 0.25) is 0 Å². The first kappa shape index (κ1) is 6.10. The van der Waals surface area contributed by atoms with Gasteiger partial charge in [0.15, 0.2) is 0 Å². The van der Waals surface area contributed by atoms with Crippen LogP contribution in [-0.2, 0) is 0 Å². The van der Waals surface area contributed by atoms with Crippen molar-refractivity contribution in [3.05, 3.63) is 35.5 Å². The Morgan fingerprint density at radius 2 is 2.40 bits per heavy atom. The van der Waals surface area contributed by atoms with E-state index in [1.54, 1.807) is 0 Å². The molecule has 2 aliphatic heterocycles. The quantitative estimate of drug-likeness (QED) is 0.522. The van der Waals surface area contributed by atoms with Crippen LogP contribution in [0.4, 0.5) is 0 Å². The molecule has 2 rings (SSSR count). The van der Waals surface area contributed by atoms with Crippen LogP contribution in [0.3, 0.4) is 0 Å². The molecule has 2 heteroatoms. The van der Waals surface area contributed by atoms with Crippen LogP contribution in [0.15, 0.2) is 35.5 Å². The zero-order chi connectivity index (χ0) is 6.97. The Morgan fingerprint density at radius 1 is 1.50 bits per heavy atom. The molecule has 0 unspecified atom stereocenters. The third-order valence-electron chi connectivity index (χ3n) is 1.69. The molecule has 0 aliphatic carbocycles. The maximum Gasteiger partial charge on any atom is 0.102 e. The summed E-state index contributed by atoms with van der Waals surface area (Å²) in [6.07, 6.45) is 8.49. The molecular formula is C8H9NS. The third kappa shape index (κ3) is 0.797. The van der Waals surface area contributed by atoms with Crippen molar-refractivity contribution in [1.82, 2.24) is 4.90 Å². The SMILES string of the molecule is CC1=CS[C@H]2C=CC=CN12. The highest BCUT2D eigenvalue weighted by atomic mass is 32.2. The molecule has 10 heavy (non-hydrogen) atoms. The number of thioether (sulfide) groups is 1. The van der Waals surface area contributed by atoms with Crippen molar-refractivity contribution in [3.8, 4) is 0 Å². The average Bonchev–Trinajstić information content (AvgIpc) is 2.34. The predicted molar refractivity (Wildman–Crippen MR) is 45.3 cm³/mol. The van der Waals surface area contributed by atoms with Crippen molar-refractivity contribution in [3.63, 3.8) is 0 Å². The van der Waals surface area contributed by atoms with Gasteiger partial charge in [0.25, 0.3) is 0 Å². The summed E-state index contributed by atoms with van der Waals surface area (Å²) < 4.78 is 0. The second kappa shape index (κ2) is 2.20. The molecule has 0 saturated heterocycles. The number of allylic oxidation sites excluding steroid dienone is 3. The Balaban J connectivity index is 2.27. The monoisotopic (exact) mass is 151 g/mol. The molecule has 1 atom stereocenters. The van der Waals surface area contributed by atoms with Crippen molar-refractivity contribution in [2.24, 2.45) is 0 Å². The number of hydrogen-bond acceptors (Lipinski definition) is 2. The fourth-order valence-corrected chi connectivity index (χ4v) is 2.14. The topological polar surface area (TPSA) is 3.24 Å². The fraction of sp³-hybridized carbons (Fsp3) is 0.250.